The lowest BCUT2D eigenvalue weighted by Crippen LogP contribution is -2.26. The summed E-state index contributed by atoms with van der Waals surface area (Å²) >= 11 is 1.32. The number of rotatable bonds is 5. The van der Waals surface area contributed by atoms with Crippen LogP contribution in [-0.2, 0) is 0 Å². The van der Waals surface area contributed by atoms with Crippen molar-refractivity contribution in [2.75, 3.05) is 5.32 Å². The Hall–Kier alpha value is -2.73. The van der Waals surface area contributed by atoms with E-state index in [4.69, 9.17) is 0 Å². The minimum atomic E-state index is -0.294. The van der Waals surface area contributed by atoms with Gasteiger partial charge in [0.15, 0.2) is 5.13 Å². The van der Waals surface area contributed by atoms with Crippen molar-refractivity contribution in [2.45, 2.75) is 33.7 Å². The normalized spacial score (nSPS) is 11.9. The Balaban J connectivity index is 1.73. The van der Waals surface area contributed by atoms with Gasteiger partial charge in [-0.3, -0.25) is 4.79 Å². The van der Waals surface area contributed by atoms with E-state index >= 15 is 0 Å². The number of aryl methyl sites for hydroxylation is 3. The number of carbonyl (C=O) groups is 1. The highest BCUT2D eigenvalue weighted by Crippen LogP contribution is 2.28. The average Bonchev–Trinajstić information content (AvgIpc) is 2.98. The number of nitrogens with zero attached hydrogens (tertiary/aromatic N) is 1. The van der Waals surface area contributed by atoms with Crippen molar-refractivity contribution in [2.24, 2.45) is 0 Å². The number of carbonyl (C=O) groups excluding carboxylic acids is 1. The molecule has 0 fully saturated rings. The second kappa shape index (κ2) is 7.88. The van der Waals surface area contributed by atoms with Gasteiger partial charge in [0.1, 0.15) is 10.7 Å². The van der Waals surface area contributed by atoms with Crippen LogP contribution in [0, 0.1) is 26.6 Å². The highest BCUT2D eigenvalue weighted by molar-refractivity contribution is 7.17. The zero-order chi connectivity index (χ0) is 19.6. The summed E-state index contributed by atoms with van der Waals surface area (Å²) in [6.07, 6.45) is 0. The first-order valence-electron chi connectivity index (χ1n) is 8.71. The summed E-state index contributed by atoms with van der Waals surface area (Å²) in [5.41, 5.74) is 4.82. The van der Waals surface area contributed by atoms with E-state index in [1.165, 1.54) is 29.0 Å². The van der Waals surface area contributed by atoms with E-state index in [-0.39, 0.29) is 17.8 Å². The van der Waals surface area contributed by atoms with E-state index < -0.39 is 0 Å². The number of hydrogen-bond acceptors (Lipinski definition) is 4. The highest BCUT2D eigenvalue weighted by atomic mass is 32.1. The molecule has 0 aliphatic carbocycles. The van der Waals surface area contributed by atoms with Gasteiger partial charge in [0, 0.05) is 5.69 Å². The van der Waals surface area contributed by atoms with Gasteiger partial charge in [-0.25, -0.2) is 9.37 Å². The zero-order valence-electron chi connectivity index (χ0n) is 15.8. The van der Waals surface area contributed by atoms with Gasteiger partial charge in [-0.05, 0) is 57.0 Å². The maximum Gasteiger partial charge on any atom is 0.263 e. The van der Waals surface area contributed by atoms with Crippen LogP contribution in [-0.4, -0.2) is 10.9 Å². The third-order valence-corrected chi connectivity index (χ3v) is 5.42. The summed E-state index contributed by atoms with van der Waals surface area (Å²) < 4.78 is 13.1. The van der Waals surface area contributed by atoms with E-state index in [2.05, 4.69) is 28.6 Å². The van der Waals surface area contributed by atoms with Crippen molar-refractivity contribution in [1.82, 2.24) is 10.3 Å². The molecular weight excluding hydrogens is 361 g/mol. The second-order valence-electron chi connectivity index (χ2n) is 6.62. The monoisotopic (exact) mass is 383 g/mol. The molecule has 0 spiro atoms. The van der Waals surface area contributed by atoms with Gasteiger partial charge in [0.25, 0.3) is 5.91 Å². The van der Waals surface area contributed by atoms with Gasteiger partial charge in [-0.2, -0.15) is 0 Å². The molecule has 0 saturated carbocycles. The topological polar surface area (TPSA) is 54.0 Å². The summed E-state index contributed by atoms with van der Waals surface area (Å²) in [5, 5.41) is 6.92. The lowest BCUT2D eigenvalue weighted by molar-refractivity contribution is 0.0943. The van der Waals surface area contributed by atoms with Crippen molar-refractivity contribution >= 4 is 28.1 Å². The zero-order valence-corrected chi connectivity index (χ0v) is 16.6. The molecule has 0 saturated heterocycles. The maximum atomic E-state index is 13.1. The lowest BCUT2D eigenvalue weighted by Gasteiger charge is -2.13. The molecule has 0 unspecified atom stereocenters. The predicted octanol–water partition coefficient (Wildman–Crippen LogP) is 5.44. The van der Waals surface area contributed by atoms with Crippen LogP contribution in [0.5, 0.6) is 0 Å². The van der Waals surface area contributed by atoms with Crippen molar-refractivity contribution in [3.8, 4) is 0 Å². The molecule has 27 heavy (non-hydrogen) atoms. The molecule has 0 aliphatic rings. The van der Waals surface area contributed by atoms with Crippen LogP contribution in [0.3, 0.4) is 0 Å². The molecule has 4 nitrogen and oxygen atoms in total. The van der Waals surface area contributed by atoms with E-state index in [1.54, 1.807) is 12.1 Å². The Bertz CT molecular complexity index is 966. The van der Waals surface area contributed by atoms with Crippen LogP contribution in [0.1, 0.15) is 45.0 Å². The molecular formula is C21H22FN3OS. The molecule has 0 radical (unpaired) electrons. The lowest BCUT2D eigenvalue weighted by atomic mass is 10.1. The summed E-state index contributed by atoms with van der Waals surface area (Å²) in [6.45, 7) is 7.78. The van der Waals surface area contributed by atoms with Crippen LogP contribution in [0.4, 0.5) is 15.2 Å². The summed E-state index contributed by atoms with van der Waals surface area (Å²) in [5.74, 6) is -0.479. The second-order valence-corrected chi connectivity index (χ2v) is 7.62. The van der Waals surface area contributed by atoms with Gasteiger partial charge < -0.3 is 10.6 Å². The van der Waals surface area contributed by atoms with Gasteiger partial charge >= 0.3 is 0 Å². The fourth-order valence-corrected chi connectivity index (χ4v) is 3.71. The van der Waals surface area contributed by atoms with Crippen molar-refractivity contribution in [3.63, 3.8) is 0 Å². The summed E-state index contributed by atoms with van der Waals surface area (Å²) in [6, 6.07) is 12.0. The molecule has 2 N–H and O–H groups in total. The highest BCUT2D eigenvalue weighted by Gasteiger charge is 2.18. The Labute approximate surface area is 162 Å². The fourth-order valence-electron chi connectivity index (χ4n) is 2.83. The first-order chi connectivity index (χ1) is 12.8. The van der Waals surface area contributed by atoms with E-state index in [9.17, 15) is 9.18 Å². The van der Waals surface area contributed by atoms with Crippen molar-refractivity contribution < 1.29 is 9.18 Å². The van der Waals surface area contributed by atoms with Crippen LogP contribution in [0.2, 0.25) is 0 Å². The van der Waals surface area contributed by atoms with E-state index in [1.807, 2.05) is 32.9 Å². The predicted molar refractivity (Wildman–Crippen MR) is 108 cm³/mol. The molecule has 0 bridgehead atoms. The fraction of sp³-hybridized carbons (Fsp3) is 0.238. The minimum absolute atomic E-state index is 0.185. The number of amides is 1. The Morgan fingerprint density at radius 1 is 1.11 bits per heavy atom. The van der Waals surface area contributed by atoms with Crippen LogP contribution >= 0.6 is 11.3 Å². The summed E-state index contributed by atoms with van der Waals surface area (Å²) in [7, 11) is 0. The third kappa shape index (κ3) is 4.52. The Kier molecular flexibility index (Phi) is 5.56. The maximum absolute atomic E-state index is 13.1. The van der Waals surface area contributed by atoms with Gasteiger partial charge in [0.05, 0.1) is 11.7 Å². The van der Waals surface area contributed by atoms with Crippen LogP contribution in [0.15, 0.2) is 42.5 Å². The van der Waals surface area contributed by atoms with Crippen molar-refractivity contribution in [3.05, 3.63) is 75.5 Å². The molecule has 0 aliphatic heterocycles. The molecule has 1 amide bonds. The van der Waals surface area contributed by atoms with Crippen LogP contribution < -0.4 is 10.6 Å². The standard InChI is InChI=1S/C21H22FN3OS/c1-12-5-10-18(13(2)11-12)25-21-24-15(4)19(27-21)20(26)23-14(3)16-6-8-17(22)9-7-16/h5-11,14H,1-4H3,(H,23,26)(H,24,25)/t14-/m1/s1. The molecule has 6 heteroatoms. The Morgan fingerprint density at radius 3 is 2.48 bits per heavy atom. The molecule has 1 atom stereocenters. The van der Waals surface area contributed by atoms with Gasteiger partial charge in [0.2, 0.25) is 0 Å². The van der Waals surface area contributed by atoms with E-state index in [0.717, 1.165) is 16.8 Å². The first-order valence-corrected chi connectivity index (χ1v) is 9.53. The smallest absolute Gasteiger partial charge is 0.263 e. The van der Waals surface area contributed by atoms with Crippen LogP contribution in [0.25, 0.3) is 0 Å². The first kappa shape index (κ1) is 19.0. The molecule has 3 aromatic rings. The minimum Gasteiger partial charge on any atom is -0.345 e. The molecule has 2 aromatic carbocycles. The quantitative estimate of drug-likeness (QED) is 0.617. The largest absolute Gasteiger partial charge is 0.345 e. The molecule has 140 valence electrons. The molecule has 1 aromatic heterocycles. The number of nitrogens with one attached hydrogen (secondary N) is 2. The Morgan fingerprint density at radius 2 is 1.81 bits per heavy atom. The van der Waals surface area contributed by atoms with Crippen molar-refractivity contribution in [1.29, 1.82) is 0 Å². The van der Waals surface area contributed by atoms with E-state index in [0.29, 0.717) is 15.7 Å². The third-order valence-electron chi connectivity index (χ3n) is 4.34. The number of thiazole rings is 1. The number of aromatic nitrogens is 1. The molecule has 3 rings (SSSR count). The van der Waals surface area contributed by atoms with Gasteiger partial charge in [-0.15, -0.1) is 0 Å². The number of anilines is 2. The number of halogens is 1. The average molecular weight is 383 g/mol. The number of benzene rings is 2. The molecule has 1 heterocycles. The SMILES string of the molecule is Cc1ccc(Nc2nc(C)c(C(=O)N[C@H](C)c3ccc(F)cc3)s2)c(C)c1. The number of hydrogen-bond donors (Lipinski definition) is 2. The summed E-state index contributed by atoms with van der Waals surface area (Å²) in [4.78, 5) is 17.7. The van der Waals surface area contributed by atoms with Gasteiger partial charge in [-0.1, -0.05) is 41.2 Å².